The summed E-state index contributed by atoms with van der Waals surface area (Å²) in [6.07, 6.45) is 1.72. The van der Waals surface area contributed by atoms with E-state index in [0.717, 1.165) is 16.5 Å². The van der Waals surface area contributed by atoms with Crippen LogP contribution in [0.3, 0.4) is 0 Å². The predicted molar refractivity (Wildman–Crippen MR) is 96.5 cm³/mol. The molecule has 4 aromatic rings. The lowest BCUT2D eigenvalue weighted by molar-refractivity contribution is 0.328. The third kappa shape index (κ3) is 2.45. The number of hydrogen-bond donors (Lipinski definition) is 0. The fraction of sp³-hybridized carbons (Fsp3) is 0.105. The maximum atomic E-state index is 6.56. The molecular formula is C19H14ClN3O. The monoisotopic (exact) mass is 335 g/mol. The maximum absolute atomic E-state index is 6.56. The topological polar surface area (TPSA) is 47.9 Å². The van der Waals surface area contributed by atoms with Gasteiger partial charge in [0, 0.05) is 17.1 Å². The summed E-state index contributed by atoms with van der Waals surface area (Å²) in [4.78, 5) is 13.8. The van der Waals surface area contributed by atoms with Crippen LogP contribution in [-0.2, 0) is 0 Å². The molecule has 2 aromatic carbocycles. The summed E-state index contributed by atoms with van der Waals surface area (Å²) in [6, 6.07) is 15.6. The standard InChI is InChI=1S/C19H14ClN3O/c1-2-24-19-17(12-7-4-3-5-8-12)23-18-14(22-19)11-13-9-6-10-21-16(13)15(18)20/h3-11H,2H2,1H3. The van der Waals surface area contributed by atoms with Crippen LogP contribution in [0.2, 0.25) is 5.02 Å². The zero-order chi connectivity index (χ0) is 16.5. The van der Waals surface area contributed by atoms with Crippen molar-refractivity contribution >= 4 is 33.5 Å². The Balaban J connectivity index is 2.06. The quantitative estimate of drug-likeness (QED) is 0.500. The van der Waals surface area contributed by atoms with Crippen molar-refractivity contribution in [1.82, 2.24) is 15.0 Å². The van der Waals surface area contributed by atoms with Crippen LogP contribution < -0.4 is 4.74 Å². The highest BCUT2D eigenvalue weighted by Crippen LogP contribution is 2.34. The van der Waals surface area contributed by atoms with Crippen molar-refractivity contribution in [3.05, 3.63) is 59.8 Å². The van der Waals surface area contributed by atoms with E-state index in [4.69, 9.17) is 21.3 Å². The fourth-order valence-corrected chi connectivity index (χ4v) is 2.99. The SMILES string of the molecule is CCOc1nc2cc3cccnc3c(Cl)c2nc1-c1ccccc1. The van der Waals surface area contributed by atoms with Crippen molar-refractivity contribution in [1.29, 1.82) is 0 Å². The molecule has 4 rings (SSSR count). The van der Waals surface area contributed by atoms with Crippen LogP contribution in [0, 0.1) is 0 Å². The van der Waals surface area contributed by atoms with E-state index in [0.29, 0.717) is 34.2 Å². The van der Waals surface area contributed by atoms with Crippen LogP contribution in [0.4, 0.5) is 0 Å². The largest absolute Gasteiger partial charge is 0.476 e. The van der Waals surface area contributed by atoms with Gasteiger partial charge < -0.3 is 4.74 Å². The number of fused-ring (bicyclic) bond motifs is 2. The summed E-state index contributed by atoms with van der Waals surface area (Å²) >= 11 is 6.56. The van der Waals surface area contributed by atoms with Crippen molar-refractivity contribution in [2.75, 3.05) is 6.61 Å². The van der Waals surface area contributed by atoms with E-state index in [1.165, 1.54) is 0 Å². The molecule has 2 heterocycles. The normalized spacial score (nSPS) is 11.1. The van der Waals surface area contributed by atoms with Crippen LogP contribution in [0.15, 0.2) is 54.7 Å². The first-order valence-corrected chi connectivity index (χ1v) is 8.09. The van der Waals surface area contributed by atoms with Gasteiger partial charge in [-0.1, -0.05) is 48.0 Å². The van der Waals surface area contributed by atoms with Gasteiger partial charge in [0.05, 0.1) is 22.7 Å². The Labute approximate surface area is 144 Å². The van der Waals surface area contributed by atoms with Gasteiger partial charge >= 0.3 is 0 Å². The molecule has 2 aromatic heterocycles. The highest BCUT2D eigenvalue weighted by Gasteiger charge is 2.16. The van der Waals surface area contributed by atoms with E-state index >= 15 is 0 Å². The van der Waals surface area contributed by atoms with Crippen LogP contribution in [0.1, 0.15) is 6.92 Å². The molecule has 0 fully saturated rings. The first-order chi connectivity index (χ1) is 11.8. The van der Waals surface area contributed by atoms with Gasteiger partial charge in [-0.3, -0.25) is 4.98 Å². The number of pyridine rings is 1. The zero-order valence-corrected chi connectivity index (χ0v) is 13.8. The Morgan fingerprint density at radius 3 is 2.62 bits per heavy atom. The van der Waals surface area contributed by atoms with E-state index in [-0.39, 0.29) is 0 Å². The van der Waals surface area contributed by atoms with Gasteiger partial charge in [0.1, 0.15) is 11.2 Å². The van der Waals surface area contributed by atoms with Gasteiger partial charge in [0.15, 0.2) is 0 Å². The molecule has 0 saturated carbocycles. The number of aromatic nitrogens is 3. The Morgan fingerprint density at radius 1 is 1.00 bits per heavy atom. The second-order valence-corrected chi connectivity index (χ2v) is 5.69. The van der Waals surface area contributed by atoms with Gasteiger partial charge in [-0.2, -0.15) is 0 Å². The van der Waals surface area contributed by atoms with Crippen molar-refractivity contribution < 1.29 is 4.74 Å². The molecule has 0 amide bonds. The fourth-order valence-electron chi connectivity index (χ4n) is 2.69. The molecule has 0 N–H and O–H groups in total. The Bertz CT molecular complexity index is 1030. The molecule has 0 atom stereocenters. The Kier molecular flexibility index (Phi) is 3.75. The molecule has 0 aliphatic carbocycles. The zero-order valence-electron chi connectivity index (χ0n) is 13.0. The summed E-state index contributed by atoms with van der Waals surface area (Å²) < 4.78 is 5.72. The number of nitrogens with zero attached hydrogens (tertiary/aromatic N) is 3. The first kappa shape index (κ1) is 14.8. The molecule has 0 bridgehead atoms. The van der Waals surface area contributed by atoms with E-state index < -0.39 is 0 Å². The van der Waals surface area contributed by atoms with Gasteiger partial charge in [0.25, 0.3) is 0 Å². The second kappa shape index (κ2) is 6.06. The third-order valence-electron chi connectivity index (χ3n) is 3.77. The van der Waals surface area contributed by atoms with Crippen molar-refractivity contribution in [3.63, 3.8) is 0 Å². The lowest BCUT2D eigenvalue weighted by Crippen LogP contribution is -2.00. The lowest BCUT2D eigenvalue weighted by atomic mass is 10.1. The molecule has 118 valence electrons. The Morgan fingerprint density at radius 2 is 1.83 bits per heavy atom. The lowest BCUT2D eigenvalue weighted by Gasteiger charge is -2.11. The van der Waals surface area contributed by atoms with Gasteiger partial charge in [-0.05, 0) is 19.1 Å². The minimum absolute atomic E-state index is 0.510. The van der Waals surface area contributed by atoms with Crippen LogP contribution >= 0.6 is 11.6 Å². The molecule has 0 aliphatic heterocycles. The minimum atomic E-state index is 0.510. The second-order valence-electron chi connectivity index (χ2n) is 5.31. The average Bonchev–Trinajstić information content (AvgIpc) is 2.63. The average molecular weight is 336 g/mol. The summed E-state index contributed by atoms with van der Waals surface area (Å²) in [7, 11) is 0. The number of hydrogen-bond acceptors (Lipinski definition) is 4. The molecule has 0 spiro atoms. The van der Waals surface area contributed by atoms with Gasteiger partial charge in [-0.25, -0.2) is 9.97 Å². The van der Waals surface area contributed by atoms with E-state index in [1.807, 2.05) is 55.5 Å². The summed E-state index contributed by atoms with van der Waals surface area (Å²) in [5, 5.41) is 1.44. The number of halogens is 1. The van der Waals surface area contributed by atoms with Crippen LogP contribution in [0.25, 0.3) is 33.2 Å². The van der Waals surface area contributed by atoms with E-state index in [9.17, 15) is 0 Å². The molecule has 24 heavy (non-hydrogen) atoms. The molecule has 5 heteroatoms. The molecule has 0 radical (unpaired) electrons. The molecule has 0 saturated heterocycles. The maximum Gasteiger partial charge on any atom is 0.241 e. The minimum Gasteiger partial charge on any atom is -0.476 e. The van der Waals surface area contributed by atoms with Gasteiger partial charge in [-0.15, -0.1) is 0 Å². The molecule has 0 unspecified atom stereocenters. The smallest absolute Gasteiger partial charge is 0.241 e. The molecule has 0 aliphatic rings. The summed E-state index contributed by atoms with van der Waals surface area (Å²) in [5.41, 5.74) is 3.67. The Hall–Kier alpha value is -2.72. The van der Waals surface area contributed by atoms with E-state index in [2.05, 4.69) is 9.97 Å². The van der Waals surface area contributed by atoms with Crippen LogP contribution in [-0.4, -0.2) is 21.6 Å². The van der Waals surface area contributed by atoms with Crippen molar-refractivity contribution in [2.45, 2.75) is 6.92 Å². The molecular weight excluding hydrogens is 322 g/mol. The number of benzene rings is 2. The van der Waals surface area contributed by atoms with E-state index in [1.54, 1.807) is 6.20 Å². The number of ether oxygens (including phenoxy) is 1. The van der Waals surface area contributed by atoms with Crippen molar-refractivity contribution in [3.8, 4) is 17.1 Å². The summed E-state index contributed by atoms with van der Waals surface area (Å²) in [5.74, 6) is 0.510. The third-order valence-corrected chi connectivity index (χ3v) is 4.12. The van der Waals surface area contributed by atoms with Crippen molar-refractivity contribution in [2.24, 2.45) is 0 Å². The summed E-state index contributed by atoms with van der Waals surface area (Å²) in [6.45, 7) is 2.45. The first-order valence-electron chi connectivity index (χ1n) is 7.71. The van der Waals surface area contributed by atoms with Crippen LogP contribution in [0.5, 0.6) is 5.88 Å². The highest BCUT2D eigenvalue weighted by molar-refractivity contribution is 6.39. The predicted octanol–water partition coefficient (Wildman–Crippen LogP) is 4.90. The molecule has 4 nitrogen and oxygen atoms in total. The van der Waals surface area contributed by atoms with Gasteiger partial charge in [0.2, 0.25) is 5.88 Å². The highest BCUT2D eigenvalue weighted by atomic mass is 35.5. The number of rotatable bonds is 3.